The number of benzene rings is 3. The summed E-state index contributed by atoms with van der Waals surface area (Å²) in [6.45, 7) is 5.98. The first-order chi connectivity index (χ1) is 15.9. The molecule has 0 bridgehead atoms. The number of allylic oxidation sites excluding steroid dienone is 1. The van der Waals surface area contributed by atoms with Crippen LogP contribution in [0.4, 0.5) is 0 Å². The standard InChI is InChI=1S/C29H28N2O2/c1-18-11-7-8-14-22(18)28-26(24-15-9-10-16-31-24)19(2)23(17-25(30)32)20(3)27(28)29(33)21-12-5-4-6-13-21/h4-8,11-16H,9-10,17H2,1-3H3,(H2,30,32). The fraction of sp³-hybridized carbons (Fsp3) is 0.207. The molecule has 1 amide bonds. The molecule has 0 unspecified atom stereocenters. The van der Waals surface area contributed by atoms with Crippen molar-refractivity contribution >= 4 is 23.6 Å². The lowest BCUT2D eigenvalue weighted by Crippen LogP contribution is -2.19. The van der Waals surface area contributed by atoms with Crippen LogP contribution in [0.3, 0.4) is 0 Å². The van der Waals surface area contributed by atoms with Crippen molar-refractivity contribution in [3.05, 3.63) is 99.6 Å². The number of hydrogen-bond acceptors (Lipinski definition) is 3. The molecule has 4 rings (SSSR count). The minimum atomic E-state index is -0.421. The van der Waals surface area contributed by atoms with E-state index in [2.05, 4.69) is 25.1 Å². The third kappa shape index (κ3) is 4.29. The van der Waals surface area contributed by atoms with Gasteiger partial charge in [0, 0.05) is 28.5 Å². The summed E-state index contributed by atoms with van der Waals surface area (Å²) in [6.07, 6.45) is 5.88. The van der Waals surface area contributed by atoms with Crippen molar-refractivity contribution in [2.24, 2.45) is 10.7 Å². The van der Waals surface area contributed by atoms with Crippen molar-refractivity contribution in [3.8, 4) is 11.1 Å². The minimum absolute atomic E-state index is 0.0706. The van der Waals surface area contributed by atoms with Crippen LogP contribution in [0.5, 0.6) is 0 Å². The number of aliphatic imine (C=N–C) groups is 1. The van der Waals surface area contributed by atoms with Crippen LogP contribution in [0.2, 0.25) is 0 Å². The summed E-state index contributed by atoms with van der Waals surface area (Å²) in [5.74, 6) is -0.492. The lowest BCUT2D eigenvalue weighted by Gasteiger charge is -2.25. The van der Waals surface area contributed by atoms with Crippen molar-refractivity contribution in [2.75, 3.05) is 0 Å². The van der Waals surface area contributed by atoms with Crippen LogP contribution in [0.25, 0.3) is 16.8 Å². The van der Waals surface area contributed by atoms with Gasteiger partial charge in [-0.2, -0.15) is 0 Å². The number of primary amides is 1. The summed E-state index contributed by atoms with van der Waals surface area (Å²) in [7, 11) is 0. The van der Waals surface area contributed by atoms with Crippen LogP contribution in [-0.2, 0) is 11.2 Å². The van der Waals surface area contributed by atoms with E-state index in [0.29, 0.717) is 11.1 Å². The van der Waals surface area contributed by atoms with Crippen LogP contribution in [0, 0.1) is 20.8 Å². The van der Waals surface area contributed by atoms with Crippen molar-refractivity contribution in [3.63, 3.8) is 0 Å². The second-order valence-corrected chi connectivity index (χ2v) is 8.49. The van der Waals surface area contributed by atoms with Gasteiger partial charge in [0.25, 0.3) is 0 Å². The maximum atomic E-state index is 14.0. The Hall–Kier alpha value is -3.79. The number of nitrogens with zero attached hydrogens (tertiary/aromatic N) is 1. The third-order valence-electron chi connectivity index (χ3n) is 6.30. The minimum Gasteiger partial charge on any atom is -0.369 e. The van der Waals surface area contributed by atoms with Gasteiger partial charge in [0.15, 0.2) is 5.78 Å². The van der Waals surface area contributed by atoms with Crippen LogP contribution >= 0.6 is 0 Å². The van der Waals surface area contributed by atoms with Gasteiger partial charge in [0.2, 0.25) is 5.91 Å². The van der Waals surface area contributed by atoms with Gasteiger partial charge in [0.1, 0.15) is 0 Å². The van der Waals surface area contributed by atoms with Crippen LogP contribution in [-0.4, -0.2) is 17.9 Å². The Bertz CT molecular complexity index is 1300. The third-order valence-corrected chi connectivity index (χ3v) is 6.30. The summed E-state index contributed by atoms with van der Waals surface area (Å²) < 4.78 is 0. The molecular weight excluding hydrogens is 408 g/mol. The molecule has 0 aromatic heterocycles. The molecule has 0 spiro atoms. The molecule has 0 saturated carbocycles. The topological polar surface area (TPSA) is 72.5 Å². The van der Waals surface area contributed by atoms with Gasteiger partial charge in [-0.15, -0.1) is 0 Å². The van der Waals surface area contributed by atoms with Crippen molar-refractivity contribution in [2.45, 2.75) is 40.0 Å². The van der Waals surface area contributed by atoms with E-state index in [1.54, 1.807) is 0 Å². The highest BCUT2D eigenvalue weighted by Gasteiger charge is 2.28. The SMILES string of the molecule is Cc1ccccc1-c1c(C(=O)c2ccccc2)c(C)c(CC(N)=O)c(C)c1C1=CCCC=N1. The number of carbonyl (C=O) groups is 2. The molecule has 1 heterocycles. The number of nitrogens with two attached hydrogens (primary N) is 1. The first-order valence-corrected chi connectivity index (χ1v) is 11.2. The van der Waals surface area contributed by atoms with Gasteiger partial charge < -0.3 is 5.73 Å². The highest BCUT2D eigenvalue weighted by molar-refractivity contribution is 6.16. The second-order valence-electron chi connectivity index (χ2n) is 8.49. The molecule has 3 aromatic carbocycles. The number of carbonyl (C=O) groups excluding carboxylic acids is 2. The molecule has 4 nitrogen and oxygen atoms in total. The molecular formula is C29H28N2O2. The Kier molecular flexibility index (Phi) is 6.36. The van der Waals surface area contributed by atoms with E-state index in [9.17, 15) is 9.59 Å². The molecule has 33 heavy (non-hydrogen) atoms. The van der Waals surface area contributed by atoms with Gasteiger partial charge in [0.05, 0.1) is 12.1 Å². The van der Waals surface area contributed by atoms with E-state index in [4.69, 9.17) is 10.7 Å². The lowest BCUT2D eigenvalue weighted by molar-refractivity contribution is -0.117. The van der Waals surface area contributed by atoms with Gasteiger partial charge >= 0.3 is 0 Å². The summed E-state index contributed by atoms with van der Waals surface area (Å²) in [6, 6.07) is 17.4. The lowest BCUT2D eigenvalue weighted by atomic mass is 9.79. The van der Waals surface area contributed by atoms with E-state index in [0.717, 1.165) is 57.5 Å². The summed E-state index contributed by atoms with van der Waals surface area (Å²) in [5.41, 5.74) is 14.1. The molecule has 0 atom stereocenters. The fourth-order valence-electron chi connectivity index (χ4n) is 4.66. The zero-order valence-electron chi connectivity index (χ0n) is 19.3. The van der Waals surface area contributed by atoms with Crippen LogP contribution in [0.15, 0.2) is 65.7 Å². The first-order valence-electron chi connectivity index (χ1n) is 11.2. The first kappa shape index (κ1) is 22.4. The average Bonchev–Trinajstić information content (AvgIpc) is 2.82. The van der Waals surface area contributed by atoms with E-state index >= 15 is 0 Å². The molecule has 1 aliphatic heterocycles. The molecule has 3 aromatic rings. The molecule has 1 aliphatic rings. The Morgan fingerprint density at radius 2 is 1.58 bits per heavy atom. The number of rotatable bonds is 6. The maximum Gasteiger partial charge on any atom is 0.221 e. The Labute approximate surface area is 194 Å². The summed E-state index contributed by atoms with van der Waals surface area (Å²) >= 11 is 0. The Morgan fingerprint density at radius 3 is 2.21 bits per heavy atom. The van der Waals surface area contributed by atoms with Gasteiger partial charge in [-0.1, -0.05) is 60.7 Å². The van der Waals surface area contributed by atoms with Gasteiger partial charge in [-0.05, 0) is 61.4 Å². The summed E-state index contributed by atoms with van der Waals surface area (Å²) in [5, 5.41) is 0. The summed E-state index contributed by atoms with van der Waals surface area (Å²) in [4.78, 5) is 30.7. The number of aryl methyl sites for hydroxylation is 1. The smallest absolute Gasteiger partial charge is 0.221 e. The van der Waals surface area contributed by atoms with E-state index in [-0.39, 0.29) is 12.2 Å². The quantitative estimate of drug-likeness (QED) is 0.500. The normalized spacial score (nSPS) is 13.0. The van der Waals surface area contributed by atoms with E-state index in [1.807, 2.05) is 62.5 Å². The maximum absolute atomic E-state index is 14.0. The number of hydrogen-bond donors (Lipinski definition) is 1. The molecule has 0 saturated heterocycles. The molecule has 2 N–H and O–H groups in total. The molecule has 4 heteroatoms. The molecule has 0 aliphatic carbocycles. The molecule has 0 radical (unpaired) electrons. The highest BCUT2D eigenvalue weighted by atomic mass is 16.1. The Morgan fingerprint density at radius 1 is 0.879 bits per heavy atom. The Balaban J connectivity index is 2.16. The zero-order chi connectivity index (χ0) is 23.5. The second kappa shape index (κ2) is 9.37. The van der Waals surface area contributed by atoms with Crippen molar-refractivity contribution < 1.29 is 9.59 Å². The van der Waals surface area contributed by atoms with E-state index in [1.165, 1.54) is 0 Å². The van der Waals surface area contributed by atoms with Gasteiger partial charge in [-0.3, -0.25) is 14.6 Å². The molecule has 0 fully saturated rings. The van der Waals surface area contributed by atoms with Crippen molar-refractivity contribution in [1.29, 1.82) is 0 Å². The van der Waals surface area contributed by atoms with E-state index < -0.39 is 5.91 Å². The van der Waals surface area contributed by atoms with Gasteiger partial charge in [-0.25, -0.2) is 0 Å². The predicted molar refractivity (Wildman–Crippen MR) is 135 cm³/mol. The largest absolute Gasteiger partial charge is 0.369 e. The highest BCUT2D eigenvalue weighted by Crippen LogP contribution is 2.42. The zero-order valence-corrected chi connectivity index (χ0v) is 19.3. The molecule has 166 valence electrons. The number of ketones is 1. The fourth-order valence-corrected chi connectivity index (χ4v) is 4.66. The van der Waals surface area contributed by atoms with Crippen LogP contribution in [0.1, 0.15) is 56.6 Å². The predicted octanol–water partition coefficient (Wildman–Crippen LogP) is 5.74. The average molecular weight is 437 g/mol. The van der Waals surface area contributed by atoms with Crippen LogP contribution < -0.4 is 5.73 Å². The van der Waals surface area contributed by atoms with Crippen molar-refractivity contribution in [1.82, 2.24) is 0 Å². The monoisotopic (exact) mass is 436 g/mol. The number of amides is 1.